The normalized spacial score (nSPS) is 22.8. The van der Waals surface area contributed by atoms with E-state index in [1.165, 1.54) is 5.69 Å². The number of nitrogens with one attached hydrogen (secondary N) is 1. The maximum atomic E-state index is 12.7. The number of carbonyl (C=O) groups is 1. The molecular formula is C23H29N3O3. The summed E-state index contributed by atoms with van der Waals surface area (Å²) in [5, 5.41) is 3.05. The van der Waals surface area contributed by atoms with Crippen LogP contribution >= 0.6 is 0 Å². The number of fused-ring (bicyclic) bond motifs is 1. The molecule has 1 N–H and O–H groups in total. The predicted molar refractivity (Wildman–Crippen MR) is 114 cm³/mol. The monoisotopic (exact) mass is 395 g/mol. The third kappa shape index (κ3) is 4.48. The van der Waals surface area contributed by atoms with E-state index in [0.29, 0.717) is 18.0 Å². The van der Waals surface area contributed by atoms with Crippen molar-refractivity contribution >= 4 is 11.6 Å². The fraction of sp³-hybridized carbons (Fsp3) is 0.435. The molecule has 0 aromatic heterocycles. The van der Waals surface area contributed by atoms with Gasteiger partial charge in [0, 0.05) is 44.5 Å². The van der Waals surface area contributed by atoms with Crippen LogP contribution in [0.15, 0.2) is 54.6 Å². The molecule has 1 saturated heterocycles. The van der Waals surface area contributed by atoms with Gasteiger partial charge in [0.1, 0.15) is 6.10 Å². The first kappa shape index (κ1) is 19.6. The third-order valence-electron chi connectivity index (χ3n) is 5.73. The van der Waals surface area contributed by atoms with E-state index >= 15 is 0 Å². The van der Waals surface area contributed by atoms with Gasteiger partial charge in [-0.2, -0.15) is 0 Å². The maximum absolute atomic E-state index is 12.7. The molecule has 2 aromatic rings. The average molecular weight is 396 g/mol. The number of nitrogens with zero attached hydrogens (tertiary/aromatic N) is 2. The minimum absolute atomic E-state index is 0.123. The van der Waals surface area contributed by atoms with Gasteiger partial charge >= 0.3 is 0 Å². The summed E-state index contributed by atoms with van der Waals surface area (Å²) in [6.07, 6.45) is -0.957. The van der Waals surface area contributed by atoms with Crippen molar-refractivity contribution in [2.24, 2.45) is 0 Å². The number of amides is 1. The van der Waals surface area contributed by atoms with Crippen LogP contribution in [-0.4, -0.2) is 61.8 Å². The van der Waals surface area contributed by atoms with Gasteiger partial charge in [0.2, 0.25) is 6.10 Å². The van der Waals surface area contributed by atoms with Crippen LogP contribution in [0.1, 0.15) is 13.8 Å². The minimum atomic E-state index is -0.632. The molecule has 0 aliphatic carbocycles. The number of hydrogen-bond donors (Lipinski definition) is 1. The predicted octanol–water partition coefficient (Wildman–Crippen LogP) is 2.54. The van der Waals surface area contributed by atoms with Crippen molar-refractivity contribution in [2.45, 2.75) is 32.1 Å². The number of hydrogen-bond acceptors (Lipinski definition) is 5. The summed E-state index contributed by atoms with van der Waals surface area (Å²) in [7, 11) is 0. The van der Waals surface area contributed by atoms with Crippen molar-refractivity contribution in [2.75, 3.05) is 37.6 Å². The highest BCUT2D eigenvalue weighted by molar-refractivity contribution is 5.82. The number of piperazine rings is 1. The molecule has 29 heavy (non-hydrogen) atoms. The van der Waals surface area contributed by atoms with E-state index in [1.807, 2.05) is 37.3 Å². The van der Waals surface area contributed by atoms with Crippen molar-refractivity contribution in [1.82, 2.24) is 10.2 Å². The maximum Gasteiger partial charge on any atom is 0.265 e. The van der Waals surface area contributed by atoms with E-state index < -0.39 is 6.10 Å². The van der Waals surface area contributed by atoms with Gasteiger partial charge in [0.05, 0.1) is 0 Å². The first-order valence-corrected chi connectivity index (χ1v) is 10.4. The van der Waals surface area contributed by atoms with Gasteiger partial charge in [0.15, 0.2) is 11.5 Å². The van der Waals surface area contributed by atoms with Gasteiger partial charge in [-0.3, -0.25) is 9.69 Å². The van der Waals surface area contributed by atoms with Crippen LogP contribution in [0.4, 0.5) is 5.69 Å². The molecule has 2 aliphatic heterocycles. The van der Waals surface area contributed by atoms with Crippen molar-refractivity contribution in [3.05, 3.63) is 54.6 Å². The molecule has 0 radical (unpaired) electrons. The van der Waals surface area contributed by atoms with Gasteiger partial charge in [-0.1, -0.05) is 30.3 Å². The lowest BCUT2D eigenvalue weighted by atomic mass is 10.1. The van der Waals surface area contributed by atoms with Crippen molar-refractivity contribution in [3.63, 3.8) is 0 Å². The Kier molecular flexibility index (Phi) is 5.90. The summed E-state index contributed by atoms with van der Waals surface area (Å²) in [6, 6.07) is 18.3. The Bertz CT molecular complexity index is 821. The molecule has 6 heteroatoms. The molecular weight excluding hydrogens is 366 g/mol. The molecule has 1 amide bonds. The zero-order valence-electron chi connectivity index (χ0n) is 17.1. The summed E-state index contributed by atoms with van der Waals surface area (Å²) in [5.41, 5.74) is 1.27. The highest BCUT2D eigenvalue weighted by Crippen LogP contribution is 2.33. The molecule has 0 spiro atoms. The van der Waals surface area contributed by atoms with Crippen LogP contribution in [0.2, 0.25) is 0 Å². The smallest absolute Gasteiger partial charge is 0.265 e. The van der Waals surface area contributed by atoms with Crippen molar-refractivity contribution < 1.29 is 14.3 Å². The Hall–Kier alpha value is -2.73. The van der Waals surface area contributed by atoms with Crippen molar-refractivity contribution in [3.8, 4) is 11.5 Å². The van der Waals surface area contributed by atoms with Gasteiger partial charge in [0.25, 0.3) is 5.91 Å². The molecule has 2 aliphatic rings. The summed E-state index contributed by atoms with van der Waals surface area (Å²) >= 11 is 0. The lowest BCUT2D eigenvalue weighted by Gasteiger charge is -2.39. The van der Waals surface area contributed by atoms with Crippen molar-refractivity contribution in [1.29, 1.82) is 0 Å². The van der Waals surface area contributed by atoms with Crippen LogP contribution in [0, 0.1) is 0 Å². The zero-order valence-corrected chi connectivity index (χ0v) is 17.1. The number of rotatable bonds is 5. The Balaban J connectivity index is 1.26. The molecule has 0 saturated carbocycles. The van der Waals surface area contributed by atoms with E-state index in [1.54, 1.807) is 0 Å². The molecule has 2 aromatic carbocycles. The quantitative estimate of drug-likeness (QED) is 0.843. The van der Waals surface area contributed by atoms with Crippen LogP contribution in [-0.2, 0) is 4.79 Å². The standard InChI is InChI=1S/C23H29N3O3/c1-17(25-12-14-26(15-13-25)19-8-4-3-5-9-19)16-24-23(27)22-18(2)28-20-10-6-7-11-21(20)29-22/h3-11,17-18,22H,12-16H2,1-2H3,(H,24,27)/t17-,18-,22-/m0/s1. The van der Waals surface area contributed by atoms with E-state index in [0.717, 1.165) is 26.2 Å². The lowest BCUT2D eigenvalue weighted by molar-refractivity contribution is -0.133. The minimum Gasteiger partial charge on any atom is -0.482 e. The fourth-order valence-electron chi connectivity index (χ4n) is 3.94. The van der Waals surface area contributed by atoms with Crippen LogP contribution in [0.25, 0.3) is 0 Å². The van der Waals surface area contributed by atoms with Crippen LogP contribution < -0.4 is 19.7 Å². The SMILES string of the molecule is C[C@@H]1Oc2ccccc2O[C@@H]1C(=O)NC[C@H](C)N1CCN(c2ccccc2)CC1. The second-order valence-corrected chi connectivity index (χ2v) is 7.76. The molecule has 0 bridgehead atoms. The number of benzene rings is 2. The first-order chi connectivity index (χ1) is 14.1. The zero-order chi connectivity index (χ0) is 20.2. The van der Waals surface area contributed by atoms with E-state index in [4.69, 9.17) is 9.47 Å². The van der Waals surface area contributed by atoms with Crippen LogP contribution in [0.5, 0.6) is 11.5 Å². The largest absolute Gasteiger partial charge is 0.482 e. The number of carbonyl (C=O) groups excluding carboxylic acids is 1. The lowest BCUT2D eigenvalue weighted by Crippen LogP contribution is -2.54. The van der Waals surface area contributed by atoms with Gasteiger partial charge < -0.3 is 19.7 Å². The van der Waals surface area contributed by atoms with E-state index in [2.05, 4.69) is 46.3 Å². The van der Waals surface area contributed by atoms with E-state index in [-0.39, 0.29) is 18.1 Å². The molecule has 154 valence electrons. The Morgan fingerprint density at radius 1 is 1.00 bits per heavy atom. The second kappa shape index (κ2) is 8.74. The van der Waals surface area contributed by atoms with Crippen LogP contribution in [0.3, 0.4) is 0 Å². The van der Waals surface area contributed by atoms with Gasteiger partial charge in [-0.05, 0) is 38.1 Å². The number of ether oxygens (including phenoxy) is 2. The average Bonchev–Trinajstić information content (AvgIpc) is 2.77. The molecule has 3 atom stereocenters. The summed E-state index contributed by atoms with van der Waals surface area (Å²) < 4.78 is 11.7. The Labute approximate surface area is 172 Å². The Morgan fingerprint density at radius 3 is 2.31 bits per heavy atom. The highest BCUT2D eigenvalue weighted by atomic mass is 16.6. The topological polar surface area (TPSA) is 54.0 Å². The van der Waals surface area contributed by atoms with Gasteiger partial charge in [-0.15, -0.1) is 0 Å². The molecule has 6 nitrogen and oxygen atoms in total. The fourth-order valence-corrected chi connectivity index (χ4v) is 3.94. The third-order valence-corrected chi connectivity index (χ3v) is 5.73. The molecule has 2 heterocycles. The summed E-state index contributed by atoms with van der Waals surface area (Å²) in [5.74, 6) is 1.19. The van der Waals surface area contributed by atoms with Gasteiger partial charge in [-0.25, -0.2) is 0 Å². The summed E-state index contributed by atoms with van der Waals surface area (Å²) in [4.78, 5) is 17.5. The molecule has 0 unspecified atom stereocenters. The Morgan fingerprint density at radius 2 is 1.62 bits per heavy atom. The highest BCUT2D eigenvalue weighted by Gasteiger charge is 2.34. The number of anilines is 1. The summed E-state index contributed by atoms with van der Waals surface area (Å²) in [6.45, 7) is 8.59. The molecule has 1 fully saturated rings. The van der Waals surface area contributed by atoms with E-state index in [9.17, 15) is 4.79 Å². The second-order valence-electron chi connectivity index (χ2n) is 7.76. The number of para-hydroxylation sites is 3. The first-order valence-electron chi connectivity index (χ1n) is 10.4. The molecule has 4 rings (SSSR count).